The molecule has 4 heteroatoms. The van der Waals surface area contributed by atoms with Gasteiger partial charge in [0.05, 0.1) is 12.2 Å². The summed E-state index contributed by atoms with van der Waals surface area (Å²) >= 11 is 0. The Balaban J connectivity index is 0.000000845. The summed E-state index contributed by atoms with van der Waals surface area (Å²) in [7, 11) is 0. The zero-order valence-corrected chi connectivity index (χ0v) is 29.1. The molecule has 39 heavy (non-hydrogen) atoms. The van der Waals surface area contributed by atoms with Crippen molar-refractivity contribution in [3.8, 4) is 0 Å². The van der Waals surface area contributed by atoms with Crippen LogP contribution in [0.4, 0.5) is 0 Å². The summed E-state index contributed by atoms with van der Waals surface area (Å²) in [5.74, 6) is 5.12. The third-order valence-corrected chi connectivity index (χ3v) is 12.5. The Morgan fingerprint density at radius 1 is 0.974 bits per heavy atom. The van der Waals surface area contributed by atoms with Crippen LogP contribution in [0.15, 0.2) is 37.1 Å². The minimum absolute atomic E-state index is 0. The smallest absolute Gasteiger partial charge is 0.350 e. The van der Waals surface area contributed by atoms with Crippen LogP contribution in [0.5, 0.6) is 0 Å². The van der Waals surface area contributed by atoms with Crippen LogP contribution in [0.25, 0.3) is 0 Å². The van der Waals surface area contributed by atoms with Crippen LogP contribution in [0.1, 0.15) is 117 Å². The number of allylic oxidation sites excluding steroid dienone is 1. The minimum Gasteiger partial charge on any atom is -0.350 e. The number of nitrogens with zero attached hydrogens (tertiary/aromatic N) is 1. The number of hydrogen-bond donors (Lipinski definition) is 1. The van der Waals surface area contributed by atoms with E-state index in [2.05, 4.69) is 44.6 Å². The third kappa shape index (κ3) is 5.46. The van der Waals surface area contributed by atoms with Crippen molar-refractivity contribution < 1.29 is 56.2 Å². The van der Waals surface area contributed by atoms with Gasteiger partial charge in [-0.2, -0.15) is 12.3 Å². The van der Waals surface area contributed by atoms with E-state index in [1.165, 1.54) is 64.2 Å². The average Bonchev–Trinajstić information content (AvgIpc) is 3.33. The molecule has 1 N–H and O–H groups in total. The van der Waals surface area contributed by atoms with Crippen LogP contribution >= 0.6 is 0 Å². The fourth-order valence-electron chi connectivity index (χ4n) is 11.2. The van der Waals surface area contributed by atoms with Gasteiger partial charge >= 0.3 is 51.4 Å². The van der Waals surface area contributed by atoms with Crippen molar-refractivity contribution in [3.05, 3.63) is 48.7 Å². The molecule has 6 rings (SSSR count). The van der Waals surface area contributed by atoms with Gasteiger partial charge in [0.2, 0.25) is 5.91 Å². The van der Waals surface area contributed by atoms with Gasteiger partial charge in [0.15, 0.2) is 0 Å². The van der Waals surface area contributed by atoms with Gasteiger partial charge in [0, 0.05) is 11.6 Å². The Hall–Kier alpha value is -0.00364. The van der Waals surface area contributed by atoms with E-state index in [4.69, 9.17) is 0 Å². The molecule has 1 amide bonds. The van der Waals surface area contributed by atoms with Crippen LogP contribution in [0, 0.1) is 51.2 Å². The number of hydrogen-bond acceptors (Lipinski definition) is 2. The molecule has 1 heterocycles. The van der Waals surface area contributed by atoms with E-state index in [9.17, 15) is 4.79 Å². The van der Waals surface area contributed by atoms with Gasteiger partial charge in [-0.25, -0.2) is 0 Å². The molecule has 7 unspecified atom stereocenters. The van der Waals surface area contributed by atoms with Crippen molar-refractivity contribution in [2.24, 2.45) is 45.3 Å². The van der Waals surface area contributed by atoms with Crippen molar-refractivity contribution in [3.63, 3.8) is 0 Å². The predicted octanol–water partition coefficient (Wildman–Crippen LogP) is 5.71. The summed E-state index contributed by atoms with van der Waals surface area (Å²) < 4.78 is 0. The average molecular weight is 557 g/mol. The van der Waals surface area contributed by atoms with E-state index < -0.39 is 0 Å². The first-order chi connectivity index (χ1) is 18.1. The summed E-state index contributed by atoms with van der Waals surface area (Å²) in [5, 5.41) is 3.33. The molecule has 3 nitrogen and oxygen atoms in total. The molecule has 210 valence electrons. The molecule has 5 aliphatic carbocycles. The van der Waals surface area contributed by atoms with Gasteiger partial charge in [-0.1, -0.05) is 77.4 Å². The Morgan fingerprint density at radius 3 is 2.46 bits per heavy atom. The predicted molar refractivity (Wildman–Crippen MR) is 157 cm³/mol. The first kappa shape index (κ1) is 31.9. The summed E-state index contributed by atoms with van der Waals surface area (Å²) in [4.78, 5) is 18.2. The molecular formula is C35H53KN2O. The first-order valence-corrected chi connectivity index (χ1v) is 15.7. The molecule has 0 aromatic carbocycles. The molecular weight excluding hydrogens is 503 g/mol. The number of carbonyl (C=O) groups is 1. The molecule has 7 atom stereocenters. The number of rotatable bonds is 3. The van der Waals surface area contributed by atoms with Crippen LogP contribution in [-0.4, -0.2) is 10.9 Å². The van der Waals surface area contributed by atoms with Crippen LogP contribution in [0.2, 0.25) is 0 Å². The summed E-state index contributed by atoms with van der Waals surface area (Å²) in [6, 6.07) is 5.96. The maximum Gasteiger partial charge on any atom is 1.00 e. The third-order valence-electron chi connectivity index (χ3n) is 12.5. The normalized spacial score (nSPS) is 40.2. The summed E-state index contributed by atoms with van der Waals surface area (Å²) in [5.41, 5.74) is 2.24. The maximum absolute atomic E-state index is 13.8. The fourth-order valence-corrected chi connectivity index (χ4v) is 11.2. The van der Waals surface area contributed by atoms with E-state index in [0.29, 0.717) is 34.6 Å². The van der Waals surface area contributed by atoms with Crippen LogP contribution in [-0.2, 0) is 11.3 Å². The van der Waals surface area contributed by atoms with Gasteiger partial charge < -0.3 is 11.2 Å². The molecule has 5 aliphatic rings. The van der Waals surface area contributed by atoms with Crippen molar-refractivity contribution in [1.82, 2.24) is 10.3 Å². The molecule has 1 aromatic heterocycles. The fraction of sp³-hybridized carbons (Fsp3) is 0.743. The van der Waals surface area contributed by atoms with Crippen LogP contribution in [0.3, 0.4) is 0 Å². The maximum atomic E-state index is 13.8. The van der Waals surface area contributed by atoms with Crippen molar-refractivity contribution >= 4 is 5.91 Å². The Bertz CT molecular complexity index is 1010. The Morgan fingerprint density at radius 2 is 1.74 bits per heavy atom. The standard InChI is InChI=1S/C32H47N2O.C3H6.K/c1-29(2)15-8-16-31(4)26(29)14-18-30(3)24-13-19-32(28(35)34-21-22-9-5-6-20-33-22)17-7-10-25(32)23(24)11-12-27(30)31;1-3-2;/h5-6,9,20,24-27H,7-8,10-19,21H2,1-4H3,(H,34,35);3H,1H2,2H3;/q-1;;+1. The van der Waals surface area contributed by atoms with Gasteiger partial charge in [-0.15, -0.1) is 12.5 Å². The monoisotopic (exact) mass is 556 g/mol. The van der Waals surface area contributed by atoms with Gasteiger partial charge in [0.25, 0.3) is 0 Å². The van der Waals surface area contributed by atoms with E-state index in [0.717, 1.165) is 36.3 Å². The second kappa shape index (κ2) is 12.3. The zero-order valence-electron chi connectivity index (χ0n) is 26.0. The number of aromatic nitrogens is 1. The summed E-state index contributed by atoms with van der Waals surface area (Å²) in [6.45, 7) is 16.3. The number of fused-ring (bicyclic) bond motifs is 7. The molecule has 0 saturated heterocycles. The zero-order chi connectivity index (χ0) is 27.2. The molecule has 0 radical (unpaired) electrons. The number of nitrogens with one attached hydrogen (secondary N) is 1. The molecule has 0 spiro atoms. The van der Waals surface area contributed by atoms with Gasteiger partial charge in [-0.3, -0.25) is 9.78 Å². The Labute approximate surface area is 282 Å². The largest absolute Gasteiger partial charge is 1.00 e. The number of carbonyl (C=O) groups excluding carboxylic acids is 1. The Kier molecular flexibility index (Phi) is 10.1. The van der Waals surface area contributed by atoms with Crippen LogP contribution < -0.4 is 56.7 Å². The van der Waals surface area contributed by atoms with E-state index in [1.807, 2.05) is 37.2 Å². The summed E-state index contributed by atoms with van der Waals surface area (Å²) in [6.07, 6.45) is 19.2. The van der Waals surface area contributed by atoms with E-state index in [1.54, 1.807) is 6.08 Å². The molecule has 1 aromatic rings. The number of amides is 1. The topological polar surface area (TPSA) is 42.0 Å². The van der Waals surface area contributed by atoms with Crippen molar-refractivity contribution in [1.29, 1.82) is 0 Å². The van der Waals surface area contributed by atoms with E-state index in [-0.39, 0.29) is 56.8 Å². The SMILES string of the molecule is C=CC.CC1(C)CCCC2(C)C1CCC1(C)C3CCC4(C(=O)NCc5ccccn5)CCCC4[C-]3CCC12.[K+]. The van der Waals surface area contributed by atoms with Crippen molar-refractivity contribution in [2.75, 3.05) is 0 Å². The molecule has 0 aliphatic heterocycles. The second-order valence-corrected chi connectivity index (χ2v) is 14.7. The number of pyridine rings is 1. The van der Waals surface area contributed by atoms with E-state index >= 15 is 0 Å². The van der Waals surface area contributed by atoms with Gasteiger partial charge in [-0.05, 0) is 80.2 Å². The minimum atomic E-state index is -0.155. The second-order valence-electron chi connectivity index (χ2n) is 14.7. The quantitative estimate of drug-likeness (QED) is 0.295. The molecule has 0 bridgehead atoms. The van der Waals surface area contributed by atoms with Gasteiger partial charge in [0.1, 0.15) is 0 Å². The first-order valence-electron chi connectivity index (χ1n) is 15.7. The van der Waals surface area contributed by atoms with Crippen molar-refractivity contribution in [2.45, 2.75) is 118 Å². The molecule has 5 fully saturated rings. The molecule has 5 saturated carbocycles.